The molecule has 6 nitrogen and oxygen atoms in total. The van der Waals surface area contributed by atoms with E-state index in [2.05, 4.69) is 20.6 Å². The number of thioether (sulfide) groups is 1. The molecule has 0 saturated heterocycles. The van der Waals surface area contributed by atoms with Gasteiger partial charge in [0.1, 0.15) is 10.9 Å². The van der Waals surface area contributed by atoms with Crippen LogP contribution in [-0.2, 0) is 4.79 Å². The summed E-state index contributed by atoms with van der Waals surface area (Å²) in [6.45, 7) is 9.17. The normalized spacial score (nSPS) is 10.7. The number of carbonyl (C=O) groups excluding carboxylic acids is 2. The van der Waals surface area contributed by atoms with E-state index in [-0.39, 0.29) is 17.7 Å². The molecule has 26 heavy (non-hydrogen) atoms. The fraction of sp³-hybridized carbons (Fsp3) is 0.368. The highest BCUT2D eigenvalue weighted by atomic mass is 32.2. The van der Waals surface area contributed by atoms with Gasteiger partial charge in [0.2, 0.25) is 5.91 Å². The summed E-state index contributed by atoms with van der Waals surface area (Å²) in [6, 6.07) is 5.39. The van der Waals surface area contributed by atoms with E-state index in [9.17, 15) is 9.59 Å². The first-order valence-corrected chi connectivity index (χ1v) is 9.58. The van der Waals surface area contributed by atoms with Crippen molar-refractivity contribution in [1.82, 2.24) is 9.97 Å². The van der Waals surface area contributed by atoms with Gasteiger partial charge in [-0.1, -0.05) is 19.9 Å². The fourth-order valence-electron chi connectivity index (χ4n) is 2.52. The van der Waals surface area contributed by atoms with Gasteiger partial charge in [-0.25, -0.2) is 9.97 Å². The monoisotopic (exact) mass is 372 g/mol. The summed E-state index contributed by atoms with van der Waals surface area (Å²) in [5, 5.41) is 6.34. The summed E-state index contributed by atoms with van der Waals surface area (Å²) in [4.78, 5) is 33.2. The number of rotatable bonds is 5. The molecule has 2 rings (SSSR count). The van der Waals surface area contributed by atoms with Crippen LogP contribution in [0, 0.1) is 13.8 Å². The summed E-state index contributed by atoms with van der Waals surface area (Å²) < 4.78 is 0. The minimum atomic E-state index is -0.259. The molecule has 1 heterocycles. The topological polar surface area (TPSA) is 84.0 Å². The van der Waals surface area contributed by atoms with Crippen molar-refractivity contribution in [3.8, 4) is 0 Å². The van der Waals surface area contributed by atoms with Gasteiger partial charge in [0.25, 0.3) is 5.91 Å². The van der Waals surface area contributed by atoms with Crippen LogP contribution in [0.15, 0.2) is 23.2 Å². The lowest BCUT2D eigenvalue weighted by atomic mass is 10.1. The predicted molar refractivity (Wildman–Crippen MR) is 106 cm³/mol. The SMILES string of the molecule is CSc1nc(C(C)C)nc(C)c1C(=O)Nc1cccc(NC(C)=O)c1C. The fourth-order valence-corrected chi connectivity index (χ4v) is 3.15. The minimum Gasteiger partial charge on any atom is -0.326 e. The van der Waals surface area contributed by atoms with E-state index in [1.807, 2.05) is 34.0 Å². The lowest BCUT2D eigenvalue weighted by Crippen LogP contribution is -2.19. The Balaban J connectivity index is 2.38. The van der Waals surface area contributed by atoms with Crippen molar-refractivity contribution in [2.24, 2.45) is 0 Å². The molecule has 0 radical (unpaired) electrons. The average molecular weight is 372 g/mol. The largest absolute Gasteiger partial charge is 0.326 e. The molecule has 0 aliphatic heterocycles. The van der Waals surface area contributed by atoms with Crippen molar-refractivity contribution in [3.63, 3.8) is 0 Å². The van der Waals surface area contributed by atoms with E-state index in [4.69, 9.17) is 0 Å². The second-order valence-corrected chi connectivity index (χ2v) is 7.11. The second-order valence-electron chi connectivity index (χ2n) is 6.32. The second kappa shape index (κ2) is 8.31. The van der Waals surface area contributed by atoms with Gasteiger partial charge in [-0.3, -0.25) is 9.59 Å². The van der Waals surface area contributed by atoms with Crippen LogP contribution in [0.25, 0.3) is 0 Å². The first kappa shape index (κ1) is 19.9. The third kappa shape index (κ3) is 4.40. The van der Waals surface area contributed by atoms with Crippen molar-refractivity contribution in [2.45, 2.75) is 45.6 Å². The lowest BCUT2D eigenvalue weighted by molar-refractivity contribution is -0.114. The maximum atomic E-state index is 12.9. The van der Waals surface area contributed by atoms with Gasteiger partial charge in [0.15, 0.2) is 0 Å². The summed E-state index contributed by atoms with van der Waals surface area (Å²) >= 11 is 1.43. The zero-order chi connectivity index (χ0) is 19.4. The van der Waals surface area contributed by atoms with Crippen LogP contribution in [0.1, 0.15) is 54.1 Å². The Morgan fingerprint density at radius 3 is 2.23 bits per heavy atom. The molecule has 0 unspecified atom stereocenters. The number of amides is 2. The van der Waals surface area contributed by atoms with Gasteiger partial charge in [0.05, 0.1) is 11.3 Å². The summed E-state index contributed by atoms with van der Waals surface area (Å²) in [6.07, 6.45) is 1.89. The average Bonchev–Trinajstić information content (AvgIpc) is 2.56. The lowest BCUT2D eigenvalue weighted by Gasteiger charge is -2.16. The van der Waals surface area contributed by atoms with Crippen molar-refractivity contribution < 1.29 is 9.59 Å². The van der Waals surface area contributed by atoms with E-state index >= 15 is 0 Å². The van der Waals surface area contributed by atoms with Crippen LogP contribution in [-0.4, -0.2) is 28.0 Å². The first-order chi connectivity index (χ1) is 12.2. The van der Waals surface area contributed by atoms with Gasteiger partial charge in [-0.2, -0.15) is 0 Å². The third-order valence-corrected chi connectivity index (χ3v) is 4.59. The predicted octanol–water partition coefficient (Wildman–Crippen LogP) is 4.15. The van der Waals surface area contributed by atoms with Gasteiger partial charge >= 0.3 is 0 Å². The minimum absolute atomic E-state index is 0.158. The molecular formula is C19H24N4O2S. The van der Waals surface area contributed by atoms with E-state index in [0.29, 0.717) is 27.7 Å². The summed E-state index contributed by atoms with van der Waals surface area (Å²) in [5.41, 5.74) is 3.23. The zero-order valence-corrected chi connectivity index (χ0v) is 16.7. The molecule has 1 aromatic carbocycles. The molecule has 138 valence electrons. The molecule has 0 atom stereocenters. The van der Waals surface area contributed by atoms with Crippen LogP contribution in [0.5, 0.6) is 0 Å². The Morgan fingerprint density at radius 2 is 1.69 bits per heavy atom. The highest BCUT2D eigenvalue weighted by Gasteiger charge is 2.20. The molecule has 0 fully saturated rings. The van der Waals surface area contributed by atoms with E-state index in [0.717, 1.165) is 11.4 Å². The Hall–Kier alpha value is -2.41. The quantitative estimate of drug-likeness (QED) is 0.608. The zero-order valence-electron chi connectivity index (χ0n) is 15.9. The maximum absolute atomic E-state index is 12.9. The summed E-state index contributed by atoms with van der Waals surface area (Å²) in [7, 11) is 0. The molecule has 2 aromatic rings. The van der Waals surface area contributed by atoms with Crippen LogP contribution >= 0.6 is 11.8 Å². The number of benzene rings is 1. The van der Waals surface area contributed by atoms with Gasteiger partial charge in [-0.15, -0.1) is 11.8 Å². The van der Waals surface area contributed by atoms with E-state index in [1.54, 1.807) is 18.2 Å². The molecule has 2 amide bonds. The molecule has 0 spiro atoms. The third-order valence-electron chi connectivity index (χ3n) is 3.90. The number of aromatic nitrogens is 2. The Kier molecular flexibility index (Phi) is 6.37. The van der Waals surface area contributed by atoms with Crippen molar-refractivity contribution >= 4 is 35.0 Å². The molecule has 2 N–H and O–H groups in total. The van der Waals surface area contributed by atoms with E-state index in [1.165, 1.54) is 18.7 Å². The first-order valence-electron chi connectivity index (χ1n) is 8.35. The molecular weight excluding hydrogens is 348 g/mol. The number of hydrogen-bond acceptors (Lipinski definition) is 5. The number of hydrogen-bond donors (Lipinski definition) is 2. The highest BCUT2D eigenvalue weighted by Crippen LogP contribution is 2.27. The number of aryl methyl sites for hydroxylation is 1. The number of carbonyl (C=O) groups is 2. The van der Waals surface area contributed by atoms with Gasteiger partial charge < -0.3 is 10.6 Å². The van der Waals surface area contributed by atoms with Gasteiger partial charge in [-0.05, 0) is 37.8 Å². The molecule has 7 heteroatoms. The standard InChI is InChI=1S/C19H24N4O2S/c1-10(2)17-20-12(4)16(19(23-17)26-6)18(25)22-15-9-7-8-14(11(15)3)21-13(5)24/h7-10H,1-6H3,(H,21,24)(H,22,25). The Morgan fingerprint density at radius 1 is 1.08 bits per heavy atom. The van der Waals surface area contributed by atoms with Gasteiger partial charge in [0, 0.05) is 24.2 Å². The number of nitrogens with zero attached hydrogens (tertiary/aromatic N) is 2. The van der Waals surface area contributed by atoms with Crippen LogP contribution in [0.4, 0.5) is 11.4 Å². The molecule has 0 aliphatic carbocycles. The van der Waals surface area contributed by atoms with E-state index < -0.39 is 0 Å². The maximum Gasteiger partial charge on any atom is 0.260 e. The Labute approximate surface area is 158 Å². The Bertz CT molecular complexity index is 850. The molecule has 1 aromatic heterocycles. The van der Waals surface area contributed by atoms with Crippen LogP contribution < -0.4 is 10.6 Å². The van der Waals surface area contributed by atoms with Crippen molar-refractivity contribution in [1.29, 1.82) is 0 Å². The highest BCUT2D eigenvalue weighted by molar-refractivity contribution is 7.98. The van der Waals surface area contributed by atoms with Crippen molar-refractivity contribution in [3.05, 3.63) is 40.8 Å². The molecule has 0 aliphatic rings. The molecule has 0 bridgehead atoms. The summed E-state index contributed by atoms with van der Waals surface area (Å²) in [5.74, 6) is 0.500. The van der Waals surface area contributed by atoms with Crippen LogP contribution in [0.2, 0.25) is 0 Å². The van der Waals surface area contributed by atoms with Crippen molar-refractivity contribution in [2.75, 3.05) is 16.9 Å². The number of anilines is 2. The smallest absolute Gasteiger partial charge is 0.260 e. The molecule has 0 saturated carbocycles. The van der Waals surface area contributed by atoms with Crippen LogP contribution in [0.3, 0.4) is 0 Å². The number of nitrogens with one attached hydrogen (secondary N) is 2.